The van der Waals surface area contributed by atoms with Crippen molar-refractivity contribution in [3.63, 3.8) is 0 Å². The van der Waals surface area contributed by atoms with Gasteiger partial charge in [-0.05, 0) is 25.2 Å². The van der Waals surface area contributed by atoms with E-state index in [0.29, 0.717) is 19.2 Å². The molecule has 0 spiro atoms. The van der Waals surface area contributed by atoms with Gasteiger partial charge in [-0.1, -0.05) is 19.3 Å². The van der Waals surface area contributed by atoms with Crippen LogP contribution in [0.3, 0.4) is 0 Å². The number of ether oxygens (including phenoxy) is 2. The fraction of sp³-hybridized carbons (Fsp3) is 0.750. The van der Waals surface area contributed by atoms with E-state index in [2.05, 4.69) is 19.9 Å². The van der Waals surface area contributed by atoms with Crippen LogP contribution in [0.4, 0.5) is 5.82 Å². The molecule has 152 valence electrons. The number of aromatic nitrogens is 4. The van der Waals surface area contributed by atoms with Crippen LogP contribution in [0.25, 0.3) is 11.2 Å². The molecule has 3 atom stereocenters. The third-order valence-corrected chi connectivity index (χ3v) is 6.49. The third-order valence-electron chi connectivity index (χ3n) is 6.49. The Morgan fingerprint density at radius 1 is 1.14 bits per heavy atom. The molecule has 2 aromatic heterocycles. The Bertz CT molecular complexity index is 802. The predicted molar refractivity (Wildman–Crippen MR) is 104 cm³/mol. The number of hydrogen-bond acceptors (Lipinski definition) is 7. The van der Waals surface area contributed by atoms with Crippen LogP contribution in [-0.2, 0) is 16.0 Å². The van der Waals surface area contributed by atoms with Gasteiger partial charge in [0.25, 0.3) is 0 Å². The van der Waals surface area contributed by atoms with E-state index in [0.717, 1.165) is 61.9 Å². The van der Waals surface area contributed by atoms with Gasteiger partial charge in [0.2, 0.25) is 0 Å². The van der Waals surface area contributed by atoms with E-state index in [1.165, 1.54) is 19.3 Å². The average Bonchev–Trinajstić information content (AvgIpc) is 3.35. The second-order valence-electron chi connectivity index (χ2n) is 8.34. The van der Waals surface area contributed by atoms with Crippen LogP contribution in [0, 0.1) is 5.92 Å². The minimum atomic E-state index is -0.548. The highest BCUT2D eigenvalue weighted by molar-refractivity contribution is 5.83. The van der Waals surface area contributed by atoms with Gasteiger partial charge in [-0.2, -0.15) is 0 Å². The summed E-state index contributed by atoms with van der Waals surface area (Å²) >= 11 is 0. The van der Waals surface area contributed by atoms with Gasteiger partial charge in [0, 0.05) is 13.2 Å². The van der Waals surface area contributed by atoms with Crippen LogP contribution in [0.5, 0.6) is 0 Å². The van der Waals surface area contributed by atoms with E-state index in [-0.39, 0.29) is 6.10 Å². The van der Waals surface area contributed by atoms with Gasteiger partial charge < -0.3 is 24.0 Å². The first-order chi connectivity index (χ1) is 13.8. The summed E-state index contributed by atoms with van der Waals surface area (Å²) in [6, 6.07) is 0.347. The molecule has 8 heteroatoms. The zero-order valence-electron chi connectivity index (χ0n) is 16.2. The highest BCUT2D eigenvalue weighted by Crippen LogP contribution is 2.34. The SMILES string of the molecule is OC(Cn1cnc2c(N3CCOCC3CC3CCC3)ncnc21)C1CCCO1. The minimum absolute atomic E-state index is 0.0927. The summed E-state index contributed by atoms with van der Waals surface area (Å²) in [5, 5.41) is 10.5. The molecule has 3 unspecified atom stereocenters. The molecular formula is C20H29N5O3. The molecule has 1 aliphatic carbocycles. The van der Waals surface area contributed by atoms with Gasteiger partial charge in [0.05, 0.1) is 44.3 Å². The number of nitrogens with zero attached hydrogens (tertiary/aromatic N) is 5. The topological polar surface area (TPSA) is 85.5 Å². The lowest BCUT2D eigenvalue weighted by Gasteiger charge is -2.40. The quantitative estimate of drug-likeness (QED) is 0.808. The van der Waals surface area contributed by atoms with Crippen molar-refractivity contribution in [3.05, 3.63) is 12.7 Å². The zero-order chi connectivity index (χ0) is 18.9. The summed E-state index contributed by atoms with van der Waals surface area (Å²) in [4.78, 5) is 16.1. The van der Waals surface area contributed by atoms with E-state index in [9.17, 15) is 5.11 Å². The fourth-order valence-electron chi connectivity index (χ4n) is 4.68. The number of aliphatic hydroxyl groups is 1. The summed E-state index contributed by atoms with van der Waals surface area (Å²) in [7, 11) is 0. The Morgan fingerprint density at radius 2 is 2.07 bits per heavy atom. The first kappa shape index (κ1) is 18.3. The van der Waals surface area contributed by atoms with Gasteiger partial charge in [-0.25, -0.2) is 15.0 Å². The first-order valence-corrected chi connectivity index (χ1v) is 10.6. The zero-order valence-corrected chi connectivity index (χ0v) is 16.2. The molecule has 4 heterocycles. The van der Waals surface area contributed by atoms with Crippen LogP contribution in [-0.4, -0.2) is 69.2 Å². The van der Waals surface area contributed by atoms with Crippen molar-refractivity contribution in [1.82, 2.24) is 19.5 Å². The van der Waals surface area contributed by atoms with Crippen LogP contribution in [0.15, 0.2) is 12.7 Å². The van der Waals surface area contributed by atoms with Crippen molar-refractivity contribution in [2.45, 2.75) is 63.3 Å². The van der Waals surface area contributed by atoms with Crippen molar-refractivity contribution in [3.8, 4) is 0 Å². The Hall–Kier alpha value is -1.77. The van der Waals surface area contributed by atoms with Crippen molar-refractivity contribution < 1.29 is 14.6 Å². The summed E-state index contributed by atoms with van der Waals surface area (Å²) in [5.41, 5.74) is 1.58. The lowest BCUT2D eigenvalue weighted by molar-refractivity contribution is -0.00902. The van der Waals surface area contributed by atoms with Gasteiger partial charge in [-0.15, -0.1) is 0 Å². The Kier molecular flexibility index (Phi) is 5.17. The molecule has 2 saturated heterocycles. The molecular weight excluding hydrogens is 358 g/mol. The van der Waals surface area contributed by atoms with Crippen molar-refractivity contribution in [1.29, 1.82) is 0 Å². The molecule has 2 aromatic rings. The third kappa shape index (κ3) is 3.49. The number of imidazole rings is 1. The molecule has 28 heavy (non-hydrogen) atoms. The number of fused-ring (bicyclic) bond motifs is 1. The van der Waals surface area contributed by atoms with Crippen molar-refractivity contribution in [2.24, 2.45) is 5.92 Å². The van der Waals surface area contributed by atoms with Gasteiger partial charge in [-0.3, -0.25) is 0 Å². The van der Waals surface area contributed by atoms with Gasteiger partial charge in [0.15, 0.2) is 17.0 Å². The lowest BCUT2D eigenvalue weighted by atomic mass is 9.80. The van der Waals surface area contributed by atoms with E-state index >= 15 is 0 Å². The van der Waals surface area contributed by atoms with Crippen molar-refractivity contribution in [2.75, 3.05) is 31.3 Å². The largest absolute Gasteiger partial charge is 0.389 e. The number of morpholine rings is 1. The maximum absolute atomic E-state index is 10.5. The predicted octanol–water partition coefficient (Wildman–Crippen LogP) is 1.76. The molecule has 0 radical (unpaired) electrons. The standard InChI is InChI=1S/C20H29N5O3/c26-16(17-5-2-7-28-17)10-24-13-23-18-19(24)21-12-22-20(18)25-6-8-27-11-15(25)9-14-3-1-4-14/h12-17,26H,1-11H2. The lowest BCUT2D eigenvalue weighted by Crippen LogP contribution is -2.47. The molecule has 3 aliphatic rings. The smallest absolute Gasteiger partial charge is 0.165 e. The molecule has 1 N–H and O–H groups in total. The van der Waals surface area contributed by atoms with E-state index in [4.69, 9.17) is 9.47 Å². The maximum atomic E-state index is 10.5. The van der Waals surface area contributed by atoms with E-state index in [1.54, 1.807) is 12.7 Å². The fourth-order valence-corrected chi connectivity index (χ4v) is 4.68. The molecule has 0 amide bonds. The molecule has 8 nitrogen and oxygen atoms in total. The van der Waals surface area contributed by atoms with E-state index in [1.807, 2.05) is 4.57 Å². The first-order valence-electron chi connectivity index (χ1n) is 10.6. The Balaban J connectivity index is 1.39. The molecule has 5 rings (SSSR count). The van der Waals surface area contributed by atoms with Crippen molar-refractivity contribution >= 4 is 17.0 Å². The van der Waals surface area contributed by atoms with Crippen LogP contribution in [0.1, 0.15) is 38.5 Å². The van der Waals surface area contributed by atoms with Crippen LogP contribution >= 0.6 is 0 Å². The number of hydrogen-bond donors (Lipinski definition) is 1. The monoisotopic (exact) mass is 387 g/mol. The number of aliphatic hydroxyl groups excluding tert-OH is 1. The van der Waals surface area contributed by atoms with Gasteiger partial charge in [0.1, 0.15) is 6.33 Å². The highest BCUT2D eigenvalue weighted by Gasteiger charge is 2.31. The molecule has 0 aromatic carbocycles. The minimum Gasteiger partial charge on any atom is -0.389 e. The Morgan fingerprint density at radius 3 is 2.86 bits per heavy atom. The van der Waals surface area contributed by atoms with Crippen LogP contribution in [0.2, 0.25) is 0 Å². The molecule has 3 fully saturated rings. The highest BCUT2D eigenvalue weighted by atomic mass is 16.5. The molecule has 1 saturated carbocycles. The molecule has 0 bridgehead atoms. The second kappa shape index (κ2) is 7.93. The molecule has 2 aliphatic heterocycles. The Labute approximate surface area is 164 Å². The summed E-state index contributed by atoms with van der Waals surface area (Å²) in [6.45, 7) is 3.46. The number of anilines is 1. The maximum Gasteiger partial charge on any atom is 0.165 e. The summed E-state index contributed by atoms with van der Waals surface area (Å²) < 4.78 is 13.3. The summed E-state index contributed by atoms with van der Waals surface area (Å²) in [6.07, 6.45) is 9.84. The second-order valence-corrected chi connectivity index (χ2v) is 8.34. The van der Waals surface area contributed by atoms with E-state index < -0.39 is 6.10 Å². The average molecular weight is 387 g/mol. The number of rotatable bonds is 6. The van der Waals surface area contributed by atoms with Crippen LogP contribution < -0.4 is 4.90 Å². The normalized spacial score (nSPS) is 27.2. The summed E-state index contributed by atoms with van der Waals surface area (Å²) in [5.74, 6) is 1.70. The van der Waals surface area contributed by atoms with Gasteiger partial charge >= 0.3 is 0 Å².